The van der Waals surface area contributed by atoms with E-state index < -0.39 is 0 Å². The molecule has 1 aromatic carbocycles. The van der Waals surface area contributed by atoms with Gasteiger partial charge in [0.2, 0.25) is 0 Å². The number of aliphatic imine (C=N–C) groups is 1. The number of rotatable bonds is 1. The quantitative estimate of drug-likeness (QED) is 0.699. The van der Waals surface area contributed by atoms with Crippen LogP contribution in [0.5, 0.6) is 0 Å². The minimum atomic E-state index is -0.0924. The van der Waals surface area contributed by atoms with E-state index in [9.17, 15) is 0 Å². The Morgan fingerprint density at radius 1 is 1.25 bits per heavy atom. The maximum Gasteiger partial charge on any atom is 0.156 e. The van der Waals surface area contributed by atoms with Crippen molar-refractivity contribution in [3.63, 3.8) is 0 Å². The van der Waals surface area contributed by atoms with Crippen LogP contribution in [0.1, 0.15) is 5.56 Å². The van der Waals surface area contributed by atoms with Crippen molar-refractivity contribution >= 4 is 26.6 Å². The molecule has 2 N–H and O–H groups in total. The first-order valence-corrected chi connectivity index (χ1v) is 5.80. The van der Waals surface area contributed by atoms with Crippen LogP contribution in [-0.2, 0) is 0 Å². The first-order valence-electron chi connectivity index (χ1n) is 3.58. The summed E-state index contributed by atoms with van der Waals surface area (Å²) in [7, 11) is 3.24. The Kier molecular flexibility index (Phi) is 2.39. The first-order chi connectivity index (χ1) is 5.86. The van der Waals surface area contributed by atoms with E-state index in [0.29, 0.717) is 0 Å². The lowest BCUT2D eigenvalue weighted by atomic mass is 10.2. The van der Waals surface area contributed by atoms with Gasteiger partial charge >= 0.3 is 0 Å². The highest BCUT2D eigenvalue weighted by Crippen LogP contribution is 2.35. The maximum atomic E-state index is 5.62. The van der Waals surface area contributed by atoms with Gasteiger partial charge in [0.25, 0.3) is 0 Å². The predicted octanol–water partition coefficient (Wildman–Crippen LogP) is 2.07. The zero-order chi connectivity index (χ0) is 8.39. The molecule has 0 aromatic heterocycles. The molecule has 1 aromatic rings. The van der Waals surface area contributed by atoms with Crippen molar-refractivity contribution in [1.82, 2.24) is 0 Å². The Hall–Kier alpha value is -0.450. The largest absolute Gasteiger partial charge is 0.300 e. The van der Waals surface area contributed by atoms with Crippen LogP contribution in [0.4, 0.5) is 0 Å². The second-order valence-corrected chi connectivity index (χ2v) is 4.68. The minimum Gasteiger partial charge on any atom is -0.300 e. The van der Waals surface area contributed by atoms with Gasteiger partial charge in [0.05, 0.1) is 0 Å². The fourth-order valence-corrected chi connectivity index (χ4v) is 2.87. The summed E-state index contributed by atoms with van der Waals surface area (Å²) in [6.07, 6.45) is 0. The molecule has 0 fully saturated rings. The standard InChI is InChI=1S/C8H8N2S2/c9-8-10-7(11-12-8)6-4-2-1-3-5-6/h1-5,8H,9H2. The molecule has 1 aliphatic rings. The monoisotopic (exact) mass is 196 g/mol. The van der Waals surface area contributed by atoms with Gasteiger partial charge in [-0.2, -0.15) is 0 Å². The molecule has 0 saturated heterocycles. The summed E-state index contributed by atoms with van der Waals surface area (Å²) >= 11 is 0. The highest BCUT2D eigenvalue weighted by atomic mass is 33.1. The first kappa shape index (κ1) is 8.16. The summed E-state index contributed by atoms with van der Waals surface area (Å²) in [4.78, 5) is 4.28. The van der Waals surface area contributed by atoms with Crippen LogP contribution in [0.3, 0.4) is 0 Å². The molecule has 0 aliphatic carbocycles. The van der Waals surface area contributed by atoms with Crippen LogP contribution in [0, 0.1) is 0 Å². The fraction of sp³-hybridized carbons (Fsp3) is 0.125. The predicted molar refractivity (Wildman–Crippen MR) is 56.1 cm³/mol. The SMILES string of the molecule is NC1N=C(c2ccccc2)SS1. The van der Waals surface area contributed by atoms with Gasteiger partial charge in [-0.1, -0.05) is 30.3 Å². The van der Waals surface area contributed by atoms with E-state index in [1.165, 1.54) is 0 Å². The van der Waals surface area contributed by atoms with E-state index in [0.717, 1.165) is 10.6 Å². The molecule has 0 spiro atoms. The van der Waals surface area contributed by atoms with E-state index in [-0.39, 0.29) is 5.50 Å². The number of benzene rings is 1. The lowest BCUT2D eigenvalue weighted by molar-refractivity contribution is 1.00. The third kappa shape index (κ3) is 1.65. The molecule has 2 nitrogen and oxygen atoms in total. The fourth-order valence-electron chi connectivity index (χ4n) is 0.957. The summed E-state index contributed by atoms with van der Waals surface area (Å²) < 4.78 is 0. The van der Waals surface area contributed by atoms with Gasteiger partial charge in [-0.25, -0.2) is 4.99 Å². The molecule has 1 heterocycles. The van der Waals surface area contributed by atoms with Crippen LogP contribution in [0.15, 0.2) is 35.3 Å². The highest BCUT2D eigenvalue weighted by molar-refractivity contribution is 8.83. The van der Waals surface area contributed by atoms with Crippen molar-refractivity contribution in [3.05, 3.63) is 35.9 Å². The average Bonchev–Trinajstić information content (AvgIpc) is 2.54. The van der Waals surface area contributed by atoms with Crippen LogP contribution in [0.2, 0.25) is 0 Å². The Morgan fingerprint density at radius 2 is 2.00 bits per heavy atom. The van der Waals surface area contributed by atoms with Gasteiger partial charge in [0.1, 0.15) is 5.04 Å². The number of nitrogens with two attached hydrogens (primary N) is 1. The van der Waals surface area contributed by atoms with Gasteiger partial charge in [0.15, 0.2) is 5.50 Å². The number of hydrogen-bond donors (Lipinski definition) is 1. The van der Waals surface area contributed by atoms with Gasteiger partial charge in [0, 0.05) is 5.56 Å². The van der Waals surface area contributed by atoms with Crippen molar-refractivity contribution < 1.29 is 0 Å². The normalized spacial score (nSPS) is 22.4. The highest BCUT2D eigenvalue weighted by Gasteiger charge is 2.15. The van der Waals surface area contributed by atoms with Crippen molar-refractivity contribution in [2.45, 2.75) is 5.50 Å². The zero-order valence-electron chi connectivity index (χ0n) is 6.31. The van der Waals surface area contributed by atoms with E-state index in [4.69, 9.17) is 5.73 Å². The van der Waals surface area contributed by atoms with Crippen LogP contribution in [-0.4, -0.2) is 10.5 Å². The molecule has 0 saturated carbocycles. The molecule has 0 amide bonds. The summed E-state index contributed by atoms with van der Waals surface area (Å²) in [6, 6.07) is 10.1. The molecule has 1 atom stereocenters. The van der Waals surface area contributed by atoms with Crippen molar-refractivity contribution in [2.75, 3.05) is 0 Å². The van der Waals surface area contributed by atoms with Crippen molar-refractivity contribution in [2.24, 2.45) is 10.7 Å². The molecular formula is C8H8N2S2. The Bertz CT molecular complexity index is 297. The number of nitrogens with zero attached hydrogens (tertiary/aromatic N) is 1. The lowest BCUT2D eigenvalue weighted by Crippen LogP contribution is -2.07. The van der Waals surface area contributed by atoms with Crippen LogP contribution >= 0.6 is 21.6 Å². The average molecular weight is 196 g/mol. The second kappa shape index (κ2) is 3.51. The van der Waals surface area contributed by atoms with E-state index in [1.807, 2.05) is 30.3 Å². The molecule has 1 unspecified atom stereocenters. The molecule has 62 valence electrons. The third-order valence-electron chi connectivity index (χ3n) is 1.49. The van der Waals surface area contributed by atoms with Crippen LogP contribution < -0.4 is 5.73 Å². The number of hydrogen-bond acceptors (Lipinski definition) is 4. The third-order valence-corrected chi connectivity index (χ3v) is 3.74. The molecular weight excluding hydrogens is 188 g/mol. The van der Waals surface area contributed by atoms with Gasteiger partial charge in [-0.3, -0.25) is 0 Å². The summed E-state index contributed by atoms with van der Waals surface area (Å²) in [5.74, 6) is 0. The zero-order valence-corrected chi connectivity index (χ0v) is 7.94. The molecule has 4 heteroatoms. The summed E-state index contributed by atoms with van der Waals surface area (Å²) in [6.45, 7) is 0. The molecule has 12 heavy (non-hydrogen) atoms. The van der Waals surface area contributed by atoms with E-state index in [2.05, 4.69) is 4.99 Å². The van der Waals surface area contributed by atoms with E-state index in [1.54, 1.807) is 21.6 Å². The van der Waals surface area contributed by atoms with Gasteiger partial charge in [-0.15, -0.1) is 0 Å². The molecule has 2 rings (SSSR count). The Morgan fingerprint density at radius 3 is 2.58 bits per heavy atom. The van der Waals surface area contributed by atoms with Crippen molar-refractivity contribution in [1.29, 1.82) is 0 Å². The molecule has 0 bridgehead atoms. The van der Waals surface area contributed by atoms with E-state index >= 15 is 0 Å². The van der Waals surface area contributed by atoms with Gasteiger partial charge in [-0.05, 0) is 21.6 Å². The maximum absolute atomic E-state index is 5.62. The van der Waals surface area contributed by atoms with Crippen LogP contribution in [0.25, 0.3) is 0 Å². The molecule has 1 aliphatic heterocycles. The molecule has 0 radical (unpaired) electrons. The lowest BCUT2D eigenvalue weighted by Gasteiger charge is -1.95. The smallest absolute Gasteiger partial charge is 0.156 e. The second-order valence-electron chi connectivity index (χ2n) is 2.37. The Balaban J connectivity index is 2.27. The summed E-state index contributed by atoms with van der Waals surface area (Å²) in [5.41, 5.74) is 6.68. The minimum absolute atomic E-state index is 0.0924. The Labute approximate surface area is 79.0 Å². The van der Waals surface area contributed by atoms with Crippen molar-refractivity contribution in [3.8, 4) is 0 Å². The van der Waals surface area contributed by atoms with Gasteiger partial charge < -0.3 is 5.73 Å². The summed E-state index contributed by atoms with van der Waals surface area (Å²) in [5, 5.41) is 1.04. The topological polar surface area (TPSA) is 38.4 Å².